The zero-order valence-corrected chi connectivity index (χ0v) is 15.6. The van der Waals surface area contributed by atoms with Crippen molar-refractivity contribution < 1.29 is 9.52 Å². The molecule has 138 valence electrons. The Labute approximate surface area is 157 Å². The number of aliphatic hydroxyl groups excluding tert-OH is 1. The van der Waals surface area contributed by atoms with Crippen LogP contribution in [0.2, 0.25) is 0 Å². The maximum absolute atomic E-state index is 9.65. The van der Waals surface area contributed by atoms with Crippen LogP contribution in [0.5, 0.6) is 0 Å². The predicted molar refractivity (Wildman–Crippen MR) is 106 cm³/mol. The number of benzene rings is 1. The molecular formula is C20H25N3O2S. The molecule has 1 aliphatic rings. The zero-order chi connectivity index (χ0) is 17.8. The summed E-state index contributed by atoms with van der Waals surface area (Å²) in [6, 6.07) is 13.3. The molecule has 1 atom stereocenters. The number of hydrogen-bond acceptors (Lipinski definition) is 6. The van der Waals surface area contributed by atoms with E-state index in [1.807, 2.05) is 24.3 Å². The molecule has 1 fully saturated rings. The van der Waals surface area contributed by atoms with Gasteiger partial charge < -0.3 is 19.7 Å². The summed E-state index contributed by atoms with van der Waals surface area (Å²) in [6.07, 6.45) is 3.08. The minimum atomic E-state index is 0.229. The summed E-state index contributed by atoms with van der Waals surface area (Å²) < 4.78 is 5.88. The Morgan fingerprint density at radius 1 is 1.23 bits per heavy atom. The van der Waals surface area contributed by atoms with Crippen LogP contribution < -0.4 is 10.2 Å². The van der Waals surface area contributed by atoms with Crippen molar-refractivity contribution in [2.75, 3.05) is 31.1 Å². The van der Waals surface area contributed by atoms with E-state index in [1.165, 1.54) is 4.88 Å². The molecule has 1 aromatic carbocycles. The average Bonchev–Trinajstić information content (AvgIpc) is 3.35. The highest BCUT2D eigenvalue weighted by molar-refractivity contribution is 7.09. The van der Waals surface area contributed by atoms with Crippen LogP contribution in [-0.2, 0) is 6.42 Å². The summed E-state index contributed by atoms with van der Waals surface area (Å²) in [4.78, 5) is 8.17. The molecule has 3 heterocycles. The van der Waals surface area contributed by atoms with E-state index < -0.39 is 0 Å². The molecule has 5 nitrogen and oxygen atoms in total. The van der Waals surface area contributed by atoms with Crippen molar-refractivity contribution in [2.45, 2.75) is 25.3 Å². The summed E-state index contributed by atoms with van der Waals surface area (Å²) in [5, 5.41) is 15.4. The van der Waals surface area contributed by atoms with E-state index >= 15 is 0 Å². The number of para-hydroxylation sites is 2. The minimum absolute atomic E-state index is 0.229. The zero-order valence-electron chi connectivity index (χ0n) is 14.8. The number of thiophene rings is 1. The van der Waals surface area contributed by atoms with Gasteiger partial charge in [-0.3, -0.25) is 0 Å². The van der Waals surface area contributed by atoms with Crippen LogP contribution in [0.3, 0.4) is 0 Å². The molecule has 1 aliphatic heterocycles. The molecule has 1 unspecified atom stereocenters. The second-order valence-electron chi connectivity index (χ2n) is 6.97. The molecule has 0 bridgehead atoms. The molecule has 0 amide bonds. The van der Waals surface area contributed by atoms with Crippen LogP contribution in [0.15, 0.2) is 46.2 Å². The predicted octanol–water partition coefficient (Wildman–Crippen LogP) is 3.30. The van der Waals surface area contributed by atoms with Crippen molar-refractivity contribution in [3.63, 3.8) is 0 Å². The van der Waals surface area contributed by atoms with Crippen LogP contribution >= 0.6 is 11.3 Å². The third kappa shape index (κ3) is 4.09. The van der Waals surface area contributed by atoms with Gasteiger partial charge in [-0.1, -0.05) is 18.2 Å². The van der Waals surface area contributed by atoms with Crippen LogP contribution in [0.4, 0.5) is 6.01 Å². The summed E-state index contributed by atoms with van der Waals surface area (Å²) in [6.45, 7) is 2.98. The van der Waals surface area contributed by atoms with Crippen molar-refractivity contribution in [3.8, 4) is 0 Å². The molecule has 0 radical (unpaired) electrons. The second kappa shape index (κ2) is 8.20. The van der Waals surface area contributed by atoms with Crippen molar-refractivity contribution in [1.29, 1.82) is 0 Å². The minimum Gasteiger partial charge on any atom is -0.423 e. The van der Waals surface area contributed by atoms with E-state index in [2.05, 4.69) is 32.7 Å². The highest BCUT2D eigenvalue weighted by atomic mass is 32.1. The number of piperidine rings is 1. The van der Waals surface area contributed by atoms with E-state index in [-0.39, 0.29) is 12.5 Å². The van der Waals surface area contributed by atoms with Gasteiger partial charge in [0.1, 0.15) is 5.52 Å². The molecule has 1 saturated heterocycles. The molecule has 4 rings (SSSR count). The lowest BCUT2D eigenvalue weighted by atomic mass is 10.0. The monoisotopic (exact) mass is 371 g/mol. The number of nitrogens with zero attached hydrogens (tertiary/aromatic N) is 2. The maximum atomic E-state index is 9.65. The highest BCUT2D eigenvalue weighted by Crippen LogP contribution is 2.24. The molecule has 3 aromatic rings. The molecule has 0 spiro atoms. The Hall–Kier alpha value is -1.89. The fraction of sp³-hybridized carbons (Fsp3) is 0.450. The number of hydrogen-bond donors (Lipinski definition) is 2. The van der Waals surface area contributed by atoms with E-state index in [0.29, 0.717) is 6.04 Å². The lowest BCUT2D eigenvalue weighted by Crippen LogP contribution is -2.44. The number of nitrogens with one attached hydrogen (secondary N) is 1. The van der Waals surface area contributed by atoms with Gasteiger partial charge in [-0.05, 0) is 48.8 Å². The van der Waals surface area contributed by atoms with E-state index in [9.17, 15) is 5.11 Å². The first-order valence-corrected chi connectivity index (χ1v) is 10.2. The number of anilines is 1. The SMILES string of the molecule is OCC(CNC1CCN(c2nc3ccccc3o2)CC1)Cc1cccs1. The molecule has 6 heteroatoms. The molecule has 2 aromatic heterocycles. The van der Waals surface area contributed by atoms with Crippen molar-refractivity contribution in [1.82, 2.24) is 10.3 Å². The first kappa shape index (κ1) is 17.5. The van der Waals surface area contributed by atoms with Crippen LogP contribution in [0.1, 0.15) is 17.7 Å². The molecular weight excluding hydrogens is 346 g/mol. The number of aliphatic hydroxyl groups is 1. The van der Waals surface area contributed by atoms with Crippen LogP contribution in [0, 0.1) is 5.92 Å². The fourth-order valence-corrected chi connectivity index (χ4v) is 4.34. The van der Waals surface area contributed by atoms with Gasteiger partial charge in [0.15, 0.2) is 5.58 Å². The van der Waals surface area contributed by atoms with Crippen LogP contribution in [-0.4, -0.2) is 42.4 Å². The Morgan fingerprint density at radius 3 is 2.81 bits per heavy atom. The Bertz CT molecular complexity index is 776. The molecule has 0 aliphatic carbocycles. The molecule has 26 heavy (non-hydrogen) atoms. The second-order valence-corrected chi connectivity index (χ2v) is 8.00. The number of oxazole rings is 1. The topological polar surface area (TPSA) is 61.5 Å². The number of aromatic nitrogens is 1. The van der Waals surface area contributed by atoms with Crippen molar-refractivity contribution >= 4 is 28.5 Å². The lowest BCUT2D eigenvalue weighted by molar-refractivity contribution is 0.215. The summed E-state index contributed by atoms with van der Waals surface area (Å²) in [7, 11) is 0. The van der Waals surface area contributed by atoms with E-state index in [4.69, 9.17) is 4.42 Å². The van der Waals surface area contributed by atoms with Gasteiger partial charge >= 0.3 is 0 Å². The smallest absolute Gasteiger partial charge is 0.298 e. The quantitative estimate of drug-likeness (QED) is 0.667. The summed E-state index contributed by atoms with van der Waals surface area (Å²) in [5.74, 6) is 0.281. The van der Waals surface area contributed by atoms with Gasteiger partial charge in [-0.2, -0.15) is 4.98 Å². The molecule has 2 N–H and O–H groups in total. The van der Waals surface area contributed by atoms with Crippen LogP contribution in [0.25, 0.3) is 11.1 Å². The largest absolute Gasteiger partial charge is 0.423 e. The Balaban J connectivity index is 1.26. The van der Waals surface area contributed by atoms with Gasteiger partial charge in [-0.25, -0.2) is 0 Å². The van der Waals surface area contributed by atoms with Gasteiger partial charge in [0.05, 0.1) is 0 Å². The van der Waals surface area contributed by atoms with Gasteiger partial charge in [0.25, 0.3) is 6.01 Å². The lowest BCUT2D eigenvalue weighted by Gasteiger charge is -2.32. The average molecular weight is 372 g/mol. The fourth-order valence-electron chi connectivity index (χ4n) is 3.52. The first-order valence-electron chi connectivity index (χ1n) is 9.29. The first-order chi connectivity index (χ1) is 12.8. The Kier molecular flexibility index (Phi) is 5.53. The third-order valence-electron chi connectivity index (χ3n) is 5.07. The van der Waals surface area contributed by atoms with E-state index in [1.54, 1.807) is 11.3 Å². The van der Waals surface area contributed by atoms with Gasteiger partial charge in [-0.15, -0.1) is 11.3 Å². The van der Waals surface area contributed by atoms with Crippen molar-refractivity contribution in [2.24, 2.45) is 5.92 Å². The number of rotatable bonds is 7. The molecule has 0 saturated carbocycles. The van der Waals surface area contributed by atoms with Gasteiger partial charge in [0, 0.05) is 37.2 Å². The third-order valence-corrected chi connectivity index (χ3v) is 5.97. The van der Waals surface area contributed by atoms with Gasteiger partial charge in [0.2, 0.25) is 0 Å². The Morgan fingerprint density at radius 2 is 2.08 bits per heavy atom. The summed E-state index contributed by atoms with van der Waals surface area (Å²) in [5.41, 5.74) is 1.77. The number of fused-ring (bicyclic) bond motifs is 1. The standard InChI is InChI=1S/C20H25N3O2S/c24-14-15(12-17-4-3-11-26-17)13-21-16-7-9-23(10-8-16)20-22-18-5-1-2-6-19(18)25-20/h1-6,11,15-16,21,24H,7-10,12-14H2. The maximum Gasteiger partial charge on any atom is 0.298 e. The van der Waals surface area contributed by atoms with Crippen molar-refractivity contribution in [3.05, 3.63) is 46.7 Å². The van der Waals surface area contributed by atoms with E-state index in [0.717, 1.165) is 56.0 Å². The normalized spacial score (nSPS) is 17.0. The highest BCUT2D eigenvalue weighted by Gasteiger charge is 2.23. The summed E-state index contributed by atoms with van der Waals surface area (Å²) >= 11 is 1.76.